The van der Waals surface area contributed by atoms with Crippen molar-refractivity contribution in [1.29, 1.82) is 0 Å². The van der Waals surface area contributed by atoms with Crippen LogP contribution in [0.4, 0.5) is 26.4 Å². The molecule has 15 nitrogen and oxygen atoms in total. The number of nitrogens with zero attached hydrogens (tertiary/aromatic N) is 9. The standard InChI is InChI=1S/C27H33FN6O2.C23H25BrFN5O2.C5H10/c1-4-36-25-15-23(31-16-22(25)28)18(2)34-11-7-20-21(26(34)35)13-19(14-24(20)32-9-5-6-10-32)17-33-12-8-30-27(33)29-3;1-4-32-21-11-20(28-12-19(21)25)14(2)30-7-5-16-17(22(30)31)9-15(10-18(16)24)13-29-8-6-27-23(29)26-3;1-2-4-5-3-1/h8,12-16,18H,4-7,9-11,17H2,1-3H3,(H,29,30);6,8-12,14H,4-5,7,13H2,1-3H3,(H,26,27);1-5H2/t18-;;/m0../s1. The molecule has 0 spiro atoms. The normalized spacial score (nSPS) is 15.9. The molecule has 2 N–H and O–H groups in total. The number of benzene rings is 2. The van der Waals surface area contributed by atoms with Gasteiger partial charge in [0.15, 0.2) is 23.1 Å². The molecule has 6 aromatic rings. The van der Waals surface area contributed by atoms with Gasteiger partial charge in [-0.25, -0.2) is 18.7 Å². The van der Waals surface area contributed by atoms with Gasteiger partial charge >= 0.3 is 0 Å². The molecule has 3 aliphatic heterocycles. The number of anilines is 3. The average Bonchev–Trinajstić information content (AvgIpc) is 4.27. The fraction of sp³-hybridized carbons (Fsp3) is 0.455. The second kappa shape index (κ2) is 24.4. The Bertz CT molecular complexity index is 2860. The van der Waals surface area contributed by atoms with Crippen LogP contribution in [-0.4, -0.2) is 104 Å². The van der Waals surface area contributed by atoms with E-state index in [0.717, 1.165) is 76.3 Å². The number of hydrogen-bond acceptors (Lipinski definition) is 11. The van der Waals surface area contributed by atoms with Crippen molar-refractivity contribution in [3.05, 3.63) is 134 Å². The fourth-order valence-electron chi connectivity index (χ4n) is 10.2. The summed E-state index contributed by atoms with van der Waals surface area (Å²) in [7, 11) is 3.68. The molecule has 2 amide bonds. The summed E-state index contributed by atoms with van der Waals surface area (Å²) in [5.74, 6) is 0.769. The maximum atomic E-state index is 14.1. The first kappa shape index (κ1) is 52.8. The third kappa shape index (κ3) is 12.1. The highest BCUT2D eigenvalue weighted by Crippen LogP contribution is 2.37. The molecular formula is C55H68BrF2N11O4. The maximum Gasteiger partial charge on any atom is 0.254 e. The summed E-state index contributed by atoms with van der Waals surface area (Å²) in [5.41, 5.74) is 7.97. The van der Waals surface area contributed by atoms with Crippen molar-refractivity contribution in [3.63, 3.8) is 0 Å². The predicted octanol–water partition coefficient (Wildman–Crippen LogP) is 10.6. The molecule has 18 heteroatoms. The molecule has 2 atom stereocenters. The van der Waals surface area contributed by atoms with Gasteiger partial charge < -0.3 is 43.9 Å². The van der Waals surface area contributed by atoms with E-state index < -0.39 is 11.6 Å². The number of rotatable bonds is 15. The lowest BCUT2D eigenvalue weighted by atomic mass is 9.92. The molecule has 7 heterocycles. The van der Waals surface area contributed by atoms with Gasteiger partial charge in [0.2, 0.25) is 11.9 Å². The predicted molar refractivity (Wildman–Crippen MR) is 284 cm³/mol. The monoisotopic (exact) mass is 1060 g/mol. The zero-order chi connectivity index (χ0) is 51.6. The lowest BCUT2D eigenvalue weighted by molar-refractivity contribution is 0.0661. The molecule has 2 fully saturated rings. The lowest BCUT2D eigenvalue weighted by Gasteiger charge is -2.36. The van der Waals surface area contributed by atoms with E-state index in [1.165, 1.54) is 56.8 Å². The number of pyridine rings is 2. The Morgan fingerprint density at radius 3 is 1.53 bits per heavy atom. The van der Waals surface area contributed by atoms with Gasteiger partial charge in [-0.05, 0) is 99.9 Å². The number of nitrogens with one attached hydrogen (secondary N) is 2. The smallest absolute Gasteiger partial charge is 0.254 e. The third-order valence-corrected chi connectivity index (χ3v) is 14.8. The van der Waals surface area contributed by atoms with Crippen molar-refractivity contribution in [3.8, 4) is 11.5 Å². The third-order valence-electron chi connectivity index (χ3n) is 14.1. The van der Waals surface area contributed by atoms with E-state index in [-0.39, 0.29) is 35.4 Å². The van der Waals surface area contributed by atoms with Crippen molar-refractivity contribution < 1.29 is 27.8 Å². The van der Waals surface area contributed by atoms with Crippen molar-refractivity contribution in [2.24, 2.45) is 0 Å². The minimum absolute atomic E-state index is 0.0189. The van der Waals surface area contributed by atoms with Gasteiger partial charge in [-0.1, -0.05) is 48.0 Å². The molecule has 388 valence electrons. The molecule has 1 aliphatic carbocycles. The molecule has 4 aliphatic rings. The van der Waals surface area contributed by atoms with E-state index in [9.17, 15) is 18.4 Å². The summed E-state index contributed by atoms with van der Waals surface area (Å²) >= 11 is 3.65. The summed E-state index contributed by atoms with van der Waals surface area (Å²) in [6, 6.07) is 10.8. The Balaban J connectivity index is 0.000000179. The largest absolute Gasteiger partial charge is 0.491 e. The van der Waals surface area contributed by atoms with E-state index in [1.807, 2.05) is 73.4 Å². The van der Waals surface area contributed by atoms with E-state index in [0.29, 0.717) is 56.3 Å². The second-order valence-corrected chi connectivity index (χ2v) is 19.6. The highest BCUT2D eigenvalue weighted by atomic mass is 79.9. The first-order valence-corrected chi connectivity index (χ1v) is 26.5. The molecule has 1 unspecified atom stereocenters. The molecule has 1 saturated heterocycles. The molecule has 2 aromatic carbocycles. The van der Waals surface area contributed by atoms with Gasteiger partial charge in [0.05, 0.1) is 62.2 Å². The number of carbonyl (C=O) groups is 2. The first-order valence-electron chi connectivity index (χ1n) is 25.7. The Morgan fingerprint density at radius 2 is 1.07 bits per heavy atom. The van der Waals surface area contributed by atoms with Crippen molar-refractivity contribution in [2.75, 3.05) is 69.0 Å². The van der Waals surface area contributed by atoms with Gasteiger partial charge in [0, 0.05) is 98.5 Å². The molecule has 4 aromatic heterocycles. The van der Waals surface area contributed by atoms with Gasteiger partial charge in [0.1, 0.15) is 0 Å². The topological polar surface area (TPSA) is 148 Å². The minimum Gasteiger partial charge on any atom is -0.491 e. The number of carbonyl (C=O) groups excluding carboxylic acids is 2. The molecular weight excluding hydrogens is 997 g/mol. The van der Waals surface area contributed by atoms with E-state index in [2.05, 4.69) is 63.5 Å². The average molecular weight is 1070 g/mol. The summed E-state index contributed by atoms with van der Waals surface area (Å²) < 4.78 is 43.8. The number of imidazole rings is 2. The molecule has 0 radical (unpaired) electrons. The SMILES string of the molecule is C1CCCC1.CCOc1cc(C(C)N2CCc3c(Br)cc(Cn4ccnc4NC)cc3C2=O)ncc1F.CCOc1cc([C@H](C)N2CCc3c(cc(Cn4ccnc4NC)cc3N3CCCC3)C2=O)ncc1F. The van der Waals surface area contributed by atoms with Crippen LogP contribution in [0.15, 0.2) is 78.1 Å². The van der Waals surface area contributed by atoms with Crippen LogP contribution in [0.2, 0.25) is 0 Å². The summed E-state index contributed by atoms with van der Waals surface area (Å²) in [4.78, 5) is 50.5. The Labute approximate surface area is 435 Å². The molecule has 0 bridgehead atoms. The van der Waals surface area contributed by atoms with E-state index in [4.69, 9.17) is 9.47 Å². The van der Waals surface area contributed by atoms with Crippen LogP contribution in [0, 0.1) is 11.6 Å². The van der Waals surface area contributed by atoms with Gasteiger partial charge in [-0.2, -0.15) is 0 Å². The number of fused-ring (bicyclic) bond motifs is 2. The van der Waals surface area contributed by atoms with E-state index >= 15 is 0 Å². The lowest BCUT2D eigenvalue weighted by Crippen LogP contribution is -2.40. The molecule has 73 heavy (non-hydrogen) atoms. The summed E-state index contributed by atoms with van der Waals surface area (Å²) in [6.45, 7) is 12.5. The molecule has 1 saturated carbocycles. The Morgan fingerprint density at radius 1 is 0.616 bits per heavy atom. The van der Waals surface area contributed by atoms with Crippen LogP contribution >= 0.6 is 15.9 Å². The molecule has 10 rings (SSSR count). The first-order chi connectivity index (χ1) is 35.4. The number of aromatic nitrogens is 6. The number of hydrogen-bond donors (Lipinski definition) is 2. The zero-order valence-electron chi connectivity index (χ0n) is 42.9. The Hall–Kier alpha value is -6.56. The van der Waals surface area contributed by atoms with Crippen LogP contribution < -0.4 is 25.0 Å². The van der Waals surface area contributed by atoms with E-state index in [1.54, 1.807) is 36.4 Å². The van der Waals surface area contributed by atoms with Gasteiger partial charge in [0.25, 0.3) is 11.8 Å². The van der Waals surface area contributed by atoms with Crippen LogP contribution in [0.25, 0.3) is 0 Å². The van der Waals surface area contributed by atoms with Gasteiger partial charge in [-0.3, -0.25) is 19.6 Å². The summed E-state index contributed by atoms with van der Waals surface area (Å²) in [6.07, 6.45) is 21.0. The second-order valence-electron chi connectivity index (χ2n) is 18.8. The van der Waals surface area contributed by atoms with Crippen LogP contribution in [0.5, 0.6) is 11.5 Å². The van der Waals surface area contributed by atoms with Crippen molar-refractivity contribution >= 4 is 45.3 Å². The Kier molecular flexibility index (Phi) is 17.7. The van der Waals surface area contributed by atoms with Crippen LogP contribution in [-0.2, 0) is 25.9 Å². The fourth-order valence-corrected chi connectivity index (χ4v) is 10.9. The van der Waals surface area contributed by atoms with Crippen molar-refractivity contribution in [2.45, 2.75) is 111 Å². The van der Waals surface area contributed by atoms with Crippen LogP contribution in [0.1, 0.15) is 139 Å². The highest BCUT2D eigenvalue weighted by molar-refractivity contribution is 9.10. The number of halogens is 3. The number of amides is 2. The highest BCUT2D eigenvalue weighted by Gasteiger charge is 2.34. The maximum absolute atomic E-state index is 14.1. The quantitative estimate of drug-likeness (QED) is 0.101. The minimum atomic E-state index is -0.507. The zero-order valence-corrected chi connectivity index (χ0v) is 44.5. The number of ether oxygens (including phenoxy) is 2. The van der Waals surface area contributed by atoms with Crippen molar-refractivity contribution in [1.82, 2.24) is 38.9 Å². The van der Waals surface area contributed by atoms with Crippen LogP contribution in [0.3, 0.4) is 0 Å². The van der Waals surface area contributed by atoms with Gasteiger partial charge in [-0.15, -0.1) is 0 Å². The summed E-state index contributed by atoms with van der Waals surface area (Å²) in [5, 5.41) is 6.18.